The summed E-state index contributed by atoms with van der Waals surface area (Å²) in [5.74, 6) is 1.31. The fraction of sp³-hybridized carbons (Fsp3) is 0.120. The van der Waals surface area contributed by atoms with Gasteiger partial charge in [-0.2, -0.15) is 18.2 Å². The van der Waals surface area contributed by atoms with E-state index in [1.54, 1.807) is 42.9 Å². The van der Waals surface area contributed by atoms with Crippen molar-refractivity contribution in [3.05, 3.63) is 95.3 Å². The Hall–Kier alpha value is -4.18. The highest BCUT2D eigenvalue weighted by Crippen LogP contribution is 2.37. The number of hydrogen-bond donors (Lipinski definition) is 0. The highest BCUT2D eigenvalue weighted by Gasteiger charge is 2.33. The second kappa shape index (κ2) is 9.46. The minimum atomic E-state index is -4.57. The van der Waals surface area contributed by atoms with E-state index in [4.69, 9.17) is 21.1 Å². The number of benzene rings is 2. The van der Waals surface area contributed by atoms with Crippen molar-refractivity contribution in [1.29, 1.82) is 0 Å². The molecule has 2 aromatic carbocycles. The molecule has 0 amide bonds. The van der Waals surface area contributed by atoms with Gasteiger partial charge < -0.3 is 9.47 Å². The molecule has 182 valence electrons. The molecule has 5 rings (SSSR count). The summed E-state index contributed by atoms with van der Waals surface area (Å²) in [6.07, 6.45) is 3.87. The molecule has 0 aliphatic rings. The van der Waals surface area contributed by atoms with E-state index >= 15 is 0 Å². The molecule has 7 nitrogen and oxygen atoms in total. The van der Waals surface area contributed by atoms with Crippen molar-refractivity contribution in [1.82, 2.24) is 24.3 Å². The van der Waals surface area contributed by atoms with Crippen molar-refractivity contribution >= 4 is 17.4 Å². The van der Waals surface area contributed by atoms with E-state index in [2.05, 4.69) is 19.9 Å². The third kappa shape index (κ3) is 4.94. The number of aryl methyl sites for hydroxylation is 1. The van der Waals surface area contributed by atoms with Crippen LogP contribution >= 0.6 is 11.6 Å². The van der Waals surface area contributed by atoms with Gasteiger partial charge in [0.05, 0.1) is 22.5 Å². The molecule has 3 heterocycles. The highest BCUT2D eigenvalue weighted by molar-refractivity contribution is 6.31. The van der Waals surface area contributed by atoms with Crippen LogP contribution in [0.1, 0.15) is 16.7 Å². The zero-order valence-corrected chi connectivity index (χ0v) is 19.5. The Kier molecular flexibility index (Phi) is 6.19. The molecule has 0 bridgehead atoms. The summed E-state index contributed by atoms with van der Waals surface area (Å²) >= 11 is 5.66. The van der Waals surface area contributed by atoms with Crippen molar-refractivity contribution in [3.63, 3.8) is 0 Å². The fourth-order valence-corrected chi connectivity index (χ4v) is 3.73. The number of aromatic nitrogens is 5. The van der Waals surface area contributed by atoms with Gasteiger partial charge in [0, 0.05) is 29.7 Å². The van der Waals surface area contributed by atoms with Gasteiger partial charge in [0.15, 0.2) is 0 Å². The van der Waals surface area contributed by atoms with E-state index in [9.17, 15) is 13.2 Å². The summed E-state index contributed by atoms with van der Waals surface area (Å²) in [5, 5.41) is -0.384. The average molecular weight is 512 g/mol. The van der Waals surface area contributed by atoms with Crippen LogP contribution in [0.15, 0.2) is 73.6 Å². The van der Waals surface area contributed by atoms with E-state index in [1.807, 2.05) is 17.5 Å². The molecule has 0 aliphatic heterocycles. The lowest BCUT2D eigenvalue weighted by Gasteiger charge is -2.12. The van der Waals surface area contributed by atoms with Crippen molar-refractivity contribution < 1.29 is 22.6 Å². The number of hydrogen-bond acceptors (Lipinski definition) is 6. The summed E-state index contributed by atoms with van der Waals surface area (Å²) in [6.45, 7) is 2.11. The minimum absolute atomic E-state index is 0.0324. The Morgan fingerprint density at radius 3 is 2.42 bits per heavy atom. The molecule has 0 aliphatic carbocycles. The maximum atomic E-state index is 13.1. The van der Waals surface area contributed by atoms with Gasteiger partial charge in [-0.05, 0) is 42.8 Å². The van der Waals surface area contributed by atoms with E-state index in [0.29, 0.717) is 17.4 Å². The molecule has 0 N–H and O–H groups in total. The first kappa shape index (κ1) is 23.6. The number of halogens is 4. The SMILES string of the molecule is Cc1cn2c(-c3cncnc3)cnc2nc1OCc1ccc(Oc2ccc(Cl)c(C(F)(F)F)c2)cc1. The molecular weight excluding hydrogens is 495 g/mol. The normalized spacial score (nSPS) is 11.6. The zero-order valence-electron chi connectivity index (χ0n) is 18.7. The second-order valence-electron chi connectivity index (χ2n) is 7.84. The smallest absolute Gasteiger partial charge is 0.417 e. The molecule has 0 radical (unpaired) electrons. The molecule has 0 spiro atoms. The molecule has 0 saturated carbocycles. The predicted octanol–water partition coefficient (Wildman–Crippen LogP) is 6.54. The van der Waals surface area contributed by atoms with E-state index < -0.39 is 11.7 Å². The van der Waals surface area contributed by atoms with Crippen LogP contribution in [-0.2, 0) is 12.8 Å². The van der Waals surface area contributed by atoms with Gasteiger partial charge in [0.25, 0.3) is 0 Å². The Labute approximate surface area is 208 Å². The van der Waals surface area contributed by atoms with Crippen molar-refractivity contribution in [2.24, 2.45) is 0 Å². The predicted molar refractivity (Wildman–Crippen MR) is 126 cm³/mol. The van der Waals surface area contributed by atoms with Crippen LogP contribution < -0.4 is 9.47 Å². The van der Waals surface area contributed by atoms with Crippen LogP contribution in [-0.4, -0.2) is 24.3 Å². The quantitative estimate of drug-likeness (QED) is 0.258. The van der Waals surface area contributed by atoms with Crippen LogP contribution in [0.25, 0.3) is 17.0 Å². The van der Waals surface area contributed by atoms with Crippen LogP contribution in [0.2, 0.25) is 5.02 Å². The fourth-order valence-electron chi connectivity index (χ4n) is 3.51. The zero-order chi connectivity index (χ0) is 25.3. The molecule has 11 heteroatoms. The Bertz CT molecular complexity index is 1520. The number of nitrogens with zero attached hydrogens (tertiary/aromatic N) is 5. The van der Waals surface area contributed by atoms with E-state index in [1.165, 1.54) is 12.4 Å². The van der Waals surface area contributed by atoms with Crippen LogP contribution in [0.5, 0.6) is 17.4 Å². The lowest BCUT2D eigenvalue weighted by molar-refractivity contribution is -0.137. The molecule has 36 heavy (non-hydrogen) atoms. The van der Waals surface area contributed by atoms with Gasteiger partial charge in [-0.3, -0.25) is 4.40 Å². The first-order valence-corrected chi connectivity index (χ1v) is 11.0. The summed E-state index contributed by atoms with van der Waals surface area (Å²) in [7, 11) is 0. The van der Waals surface area contributed by atoms with Gasteiger partial charge >= 0.3 is 6.18 Å². The van der Waals surface area contributed by atoms with Crippen molar-refractivity contribution in [2.45, 2.75) is 19.7 Å². The maximum absolute atomic E-state index is 13.1. The number of fused-ring (bicyclic) bond motifs is 1. The number of rotatable bonds is 6. The molecule has 0 saturated heterocycles. The van der Waals surface area contributed by atoms with E-state index in [-0.39, 0.29) is 17.4 Å². The van der Waals surface area contributed by atoms with Crippen molar-refractivity contribution in [3.8, 4) is 28.6 Å². The molecular formula is C25H17ClF3N5O2. The first-order chi connectivity index (χ1) is 17.3. The molecule has 0 atom stereocenters. The number of alkyl halides is 3. The molecule has 0 unspecified atom stereocenters. The lowest BCUT2D eigenvalue weighted by Crippen LogP contribution is -2.05. The van der Waals surface area contributed by atoms with E-state index in [0.717, 1.165) is 34.5 Å². The molecule has 0 fully saturated rings. The van der Waals surface area contributed by atoms with Gasteiger partial charge in [-0.1, -0.05) is 23.7 Å². The topological polar surface area (TPSA) is 74.4 Å². The highest BCUT2D eigenvalue weighted by atomic mass is 35.5. The Morgan fingerprint density at radius 1 is 0.972 bits per heavy atom. The number of ether oxygens (including phenoxy) is 2. The lowest BCUT2D eigenvalue weighted by atomic mass is 10.2. The third-order valence-electron chi connectivity index (χ3n) is 5.27. The van der Waals surface area contributed by atoms with Crippen LogP contribution in [0.4, 0.5) is 13.2 Å². The Balaban J connectivity index is 1.27. The average Bonchev–Trinajstić information content (AvgIpc) is 3.27. The largest absolute Gasteiger partial charge is 0.472 e. The standard InChI is InChI=1S/C25H17ClF3N5O2/c1-15-12-34-22(17-9-30-14-31-10-17)11-32-24(34)33-23(15)35-13-16-2-4-18(5-3-16)36-19-6-7-21(26)20(8-19)25(27,28)29/h2-12,14H,13H2,1H3. The second-order valence-corrected chi connectivity index (χ2v) is 8.25. The third-order valence-corrected chi connectivity index (χ3v) is 5.60. The summed E-state index contributed by atoms with van der Waals surface area (Å²) in [5.41, 5.74) is 2.30. The monoisotopic (exact) mass is 511 g/mol. The first-order valence-electron chi connectivity index (χ1n) is 10.6. The van der Waals surface area contributed by atoms with Crippen LogP contribution in [0, 0.1) is 6.92 Å². The minimum Gasteiger partial charge on any atom is -0.472 e. The summed E-state index contributed by atoms with van der Waals surface area (Å²) in [6, 6.07) is 10.2. The summed E-state index contributed by atoms with van der Waals surface area (Å²) in [4.78, 5) is 16.9. The van der Waals surface area contributed by atoms with Gasteiger partial charge in [0.2, 0.25) is 11.7 Å². The Morgan fingerprint density at radius 2 is 1.69 bits per heavy atom. The number of imidazole rings is 1. The molecule has 3 aromatic heterocycles. The van der Waals surface area contributed by atoms with Gasteiger partial charge in [-0.25, -0.2) is 15.0 Å². The molecule has 5 aromatic rings. The maximum Gasteiger partial charge on any atom is 0.417 e. The van der Waals surface area contributed by atoms with Gasteiger partial charge in [-0.15, -0.1) is 0 Å². The van der Waals surface area contributed by atoms with Crippen LogP contribution in [0.3, 0.4) is 0 Å². The summed E-state index contributed by atoms with van der Waals surface area (Å²) < 4.78 is 52.5. The van der Waals surface area contributed by atoms with Crippen molar-refractivity contribution in [2.75, 3.05) is 0 Å². The van der Waals surface area contributed by atoms with Gasteiger partial charge in [0.1, 0.15) is 24.4 Å².